The van der Waals surface area contributed by atoms with Crippen LogP contribution >= 0.6 is 0 Å². The van der Waals surface area contributed by atoms with Crippen LogP contribution in [0.25, 0.3) is 0 Å². The van der Waals surface area contributed by atoms with Gasteiger partial charge in [0.15, 0.2) is 0 Å². The second-order valence-corrected chi connectivity index (χ2v) is 14.8. The summed E-state index contributed by atoms with van der Waals surface area (Å²) in [7, 11) is 1.35. The van der Waals surface area contributed by atoms with Gasteiger partial charge in [0, 0.05) is 29.9 Å². The van der Waals surface area contributed by atoms with Crippen molar-refractivity contribution in [3.8, 4) is 0 Å². The second-order valence-electron chi connectivity index (χ2n) is 14.8. The average Bonchev–Trinajstić information content (AvgIpc) is 3.69. The molecule has 2 saturated heterocycles. The predicted octanol–water partition coefficient (Wildman–Crippen LogP) is 8.29. The number of quaternary nitrogens is 1. The number of nitrogens with zero attached hydrogens (tertiary/aromatic N) is 2. The number of anilines is 3. The number of rotatable bonds is 7. The van der Waals surface area contributed by atoms with Gasteiger partial charge >= 0.3 is 18.0 Å². The Morgan fingerprint density at radius 2 is 1.35 bits per heavy atom. The fourth-order valence-corrected chi connectivity index (χ4v) is 7.29. The van der Waals surface area contributed by atoms with Crippen LogP contribution < -0.4 is 21.3 Å². The molecule has 48 heavy (non-hydrogen) atoms. The molecule has 2 fully saturated rings. The third-order valence-corrected chi connectivity index (χ3v) is 10.3. The van der Waals surface area contributed by atoms with Crippen LogP contribution in [0.15, 0.2) is 72.8 Å². The fraction of sp³-hybridized carbons (Fsp3) is 0.462. The number of nitrogens with one attached hydrogen (secondary N) is 2. The quantitative estimate of drug-likeness (QED) is 0.221. The molecule has 3 aromatic carbocycles. The standard InChI is InChI=1S/C39H51N5O4/c1-25(2)35(40)36(45)44(24-8-9-26(44)3)37(46)41-30-16-10-27(11-17-30)33-22-23-34(28-12-18-31(19-13-28)42-38(47)48-7)43(33)32-20-14-29(15-21-32)39(4,5)6/h10-21,25-26,33-35H,8-9,22-24,40H2,1-7H3,(H-,41,42,46,47)/p+1/t26-,33+,34+,35+,44?/m1/s1. The van der Waals surface area contributed by atoms with Gasteiger partial charge in [-0.1, -0.05) is 71.0 Å². The van der Waals surface area contributed by atoms with Crippen molar-refractivity contribution < 1.29 is 23.6 Å². The molecule has 0 spiro atoms. The molecule has 1 unspecified atom stereocenters. The Labute approximate surface area is 285 Å². The van der Waals surface area contributed by atoms with E-state index in [1.165, 1.54) is 12.7 Å². The molecule has 5 atom stereocenters. The minimum Gasteiger partial charge on any atom is -0.453 e. The zero-order valence-corrected chi connectivity index (χ0v) is 29.5. The molecule has 256 valence electrons. The molecule has 4 N–H and O–H groups in total. The number of likely N-dealkylation sites (tertiary alicyclic amines) is 1. The first-order valence-electron chi connectivity index (χ1n) is 17.2. The first-order valence-corrected chi connectivity index (χ1v) is 17.2. The maximum Gasteiger partial charge on any atom is 0.428 e. The highest BCUT2D eigenvalue weighted by atomic mass is 16.5. The highest BCUT2D eigenvalue weighted by Crippen LogP contribution is 2.47. The van der Waals surface area contributed by atoms with Crippen molar-refractivity contribution in [3.05, 3.63) is 89.5 Å². The van der Waals surface area contributed by atoms with E-state index in [0.29, 0.717) is 17.9 Å². The first kappa shape index (κ1) is 35.1. The number of methoxy groups -OCH3 is 1. The van der Waals surface area contributed by atoms with Gasteiger partial charge in [-0.05, 0) is 84.2 Å². The molecule has 5 rings (SSSR count). The fourth-order valence-electron chi connectivity index (χ4n) is 7.29. The topological polar surface area (TPSA) is 114 Å². The number of amides is 4. The summed E-state index contributed by atoms with van der Waals surface area (Å²) in [6.45, 7) is 12.9. The van der Waals surface area contributed by atoms with E-state index >= 15 is 0 Å². The summed E-state index contributed by atoms with van der Waals surface area (Å²) >= 11 is 0. The number of ether oxygens (including phenoxy) is 1. The summed E-state index contributed by atoms with van der Waals surface area (Å²) in [5.74, 6) is -0.256. The largest absolute Gasteiger partial charge is 0.453 e. The van der Waals surface area contributed by atoms with Crippen molar-refractivity contribution in [2.24, 2.45) is 11.7 Å². The average molecular weight is 655 g/mol. The van der Waals surface area contributed by atoms with Crippen molar-refractivity contribution in [2.75, 3.05) is 29.2 Å². The number of benzene rings is 3. The van der Waals surface area contributed by atoms with Gasteiger partial charge in [0.25, 0.3) is 0 Å². The summed E-state index contributed by atoms with van der Waals surface area (Å²) in [5.41, 5.74) is 12.4. The summed E-state index contributed by atoms with van der Waals surface area (Å²) in [5, 5.41) is 5.81. The third kappa shape index (κ3) is 6.98. The van der Waals surface area contributed by atoms with E-state index in [9.17, 15) is 14.4 Å². The number of urea groups is 1. The Morgan fingerprint density at radius 1 is 0.833 bits per heavy atom. The van der Waals surface area contributed by atoms with Gasteiger partial charge in [0.2, 0.25) is 0 Å². The molecular formula is C39H52N5O4+. The van der Waals surface area contributed by atoms with E-state index in [4.69, 9.17) is 10.5 Å². The van der Waals surface area contributed by atoms with Crippen LogP contribution in [0.4, 0.5) is 26.7 Å². The summed E-state index contributed by atoms with van der Waals surface area (Å²) in [6, 6.07) is 24.0. The number of hydrogen-bond acceptors (Lipinski definition) is 6. The maximum absolute atomic E-state index is 13.8. The van der Waals surface area contributed by atoms with Gasteiger partial charge in [0.1, 0.15) is 12.1 Å². The Balaban J connectivity index is 1.41. The number of carbonyl (C=O) groups is 3. The monoisotopic (exact) mass is 654 g/mol. The molecule has 0 bridgehead atoms. The lowest BCUT2D eigenvalue weighted by molar-refractivity contribution is -0.783. The van der Waals surface area contributed by atoms with E-state index in [1.807, 2.05) is 45.0 Å². The minimum absolute atomic E-state index is 0.0448. The Morgan fingerprint density at radius 3 is 1.79 bits per heavy atom. The number of hydrogen-bond donors (Lipinski definition) is 3. The van der Waals surface area contributed by atoms with Crippen molar-refractivity contribution in [3.63, 3.8) is 0 Å². The number of nitrogens with two attached hydrogens (primary N) is 1. The zero-order chi connectivity index (χ0) is 34.8. The molecule has 3 aromatic rings. The van der Waals surface area contributed by atoms with E-state index in [0.717, 1.165) is 42.5 Å². The Kier molecular flexibility index (Phi) is 10.3. The Bertz CT molecular complexity index is 1600. The van der Waals surface area contributed by atoms with E-state index < -0.39 is 12.1 Å². The van der Waals surface area contributed by atoms with Crippen molar-refractivity contribution in [2.45, 2.75) is 96.8 Å². The molecule has 4 amide bonds. The van der Waals surface area contributed by atoms with Crippen LogP contribution in [0.1, 0.15) is 96.0 Å². The first-order chi connectivity index (χ1) is 22.8. The van der Waals surface area contributed by atoms with E-state index in [-0.39, 0.29) is 45.9 Å². The molecule has 0 saturated carbocycles. The highest BCUT2D eigenvalue weighted by Gasteiger charge is 2.54. The van der Waals surface area contributed by atoms with Crippen LogP contribution in [0.5, 0.6) is 0 Å². The van der Waals surface area contributed by atoms with Gasteiger partial charge in [-0.25, -0.2) is 14.4 Å². The normalized spacial score (nSPS) is 23.2. The SMILES string of the molecule is COC(=O)Nc1ccc([C@@H]2CC[C@@H](c3ccc(NC(=O)[N+]4(C(=O)[C@@H](N)C(C)C)CCC[C@H]4C)cc3)N2c2ccc(C(C)(C)C)cc2)cc1. The molecule has 9 nitrogen and oxygen atoms in total. The Hall–Kier alpha value is -4.21. The van der Waals surface area contributed by atoms with Gasteiger partial charge in [-0.3, -0.25) is 10.6 Å². The highest BCUT2D eigenvalue weighted by molar-refractivity contribution is 5.94. The van der Waals surface area contributed by atoms with Crippen LogP contribution in [-0.4, -0.2) is 48.3 Å². The lowest BCUT2D eigenvalue weighted by Crippen LogP contribution is -2.65. The van der Waals surface area contributed by atoms with Crippen molar-refractivity contribution >= 4 is 35.1 Å². The van der Waals surface area contributed by atoms with Crippen LogP contribution in [0.2, 0.25) is 0 Å². The molecule has 2 aliphatic rings. The van der Waals surface area contributed by atoms with Crippen LogP contribution in [0.3, 0.4) is 0 Å². The predicted molar refractivity (Wildman–Crippen MR) is 192 cm³/mol. The zero-order valence-electron chi connectivity index (χ0n) is 29.5. The van der Waals surface area contributed by atoms with Gasteiger partial charge < -0.3 is 15.4 Å². The molecule has 0 radical (unpaired) electrons. The lowest BCUT2D eigenvalue weighted by atomic mass is 9.87. The molecule has 2 heterocycles. The maximum atomic E-state index is 13.8. The van der Waals surface area contributed by atoms with Gasteiger partial charge in [-0.2, -0.15) is 4.48 Å². The van der Waals surface area contributed by atoms with Crippen LogP contribution in [-0.2, 0) is 14.9 Å². The summed E-state index contributed by atoms with van der Waals surface area (Å²) < 4.78 is 4.49. The summed E-state index contributed by atoms with van der Waals surface area (Å²) in [6.07, 6.45) is 3.01. The molecular weight excluding hydrogens is 602 g/mol. The number of carbonyl (C=O) groups excluding carboxylic acids is 3. The van der Waals surface area contributed by atoms with Crippen molar-refractivity contribution in [1.82, 2.24) is 0 Å². The third-order valence-electron chi connectivity index (χ3n) is 10.3. The minimum atomic E-state index is -0.697. The molecule has 0 aromatic heterocycles. The van der Waals surface area contributed by atoms with Crippen LogP contribution in [0, 0.1) is 5.92 Å². The smallest absolute Gasteiger partial charge is 0.428 e. The lowest BCUT2D eigenvalue weighted by Gasteiger charge is -2.35. The molecule has 2 aliphatic heterocycles. The van der Waals surface area contributed by atoms with Gasteiger partial charge in [-0.15, -0.1) is 0 Å². The van der Waals surface area contributed by atoms with Gasteiger partial charge in [0.05, 0.1) is 25.7 Å². The second kappa shape index (κ2) is 14.1. The number of imide groups is 1. The van der Waals surface area contributed by atoms with E-state index in [2.05, 4.69) is 84.8 Å². The molecule has 0 aliphatic carbocycles. The molecule has 9 heteroatoms. The van der Waals surface area contributed by atoms with Crippen molar-refractivity contribution in [1.29, 1.82) is 0 Å². The van der Waals surface area contributed by atoms with E-state index in [1.54, 1.807) is 0 Å². The summed E-state index contributed by atoms with van der Waals surface area (Å²) in [4.78, 5) is 41.7.